The van der Waals surface area contributed by atoms with Crippen molar-refractivity contribution >= 4 is 17.4 Å². The Morgan fingerprint density at radius 3 is 2.81 bits per heavy atom. The number of anilines is 2. The van der Waals surface area contributed by atoms with Crippen LogP contribution in [0.15, 0.2) is 42.5 Å². The molecule has 1 aliphatic heterocycles. The molecule has 2 amide bonds. The number of para-hydroxylation sites is 1. The van der Waals surface area contributed by atoms with Crippen molar-refractivity contribution in [2.75, 3.05) is 10.2 Å². The molecule has 2 aromatic carbocycles. The highest BCUT2D eigenvalue weighted by Gasteiger charge is 2.30. The van der Waals surface area contributed by atoms with Crippen molar-refractivity contribution in [3.63, 3.8) is 0 Å². The van der Waals surface area contributed by atoms with Crippen LogP contribution in [0.3, 0.4) is 0 Å². The molecule has 0 fully saturated rings. The lowest BCUT2D eigenvalue weighted by molar-refractivity contribution is 0.256. The summed E-state index contributed by atoms with van der Waals surface area (Å²) in [5.74, 6) is -0.317. The Labute approximate surface area is 123 Å². The van der Waals surface area contributed by atoms with Crippen LogP contribution in [-0.4, -0.2) is 12.1 Å². The summed E-state index contributed by atoms with van der Waals surface area (Å²) < 4.78 is 13.6. The minimum Gasteiger partial charge on any atom is -0.307 e. The van der Waals surface area contributed by atoms with E-state index >= 15 is 0 Å². The summed E-state index contributed by atoms with van der Waals surface area (Å²) in [6, 6.07) is 12.5. The Bertz CT molecular complexity index is 699. The minimum atomic E-state index is -0.317. The van der Waals surface area contributed by atoms with Gasteiger partial charge in [0.2, 0.25) is 0 Å². The molecule has 1 heterocycles. The van der Waals surface area contributed by atoms with Gasteiger partial charge in [-0.05, 0) is 49.6 Å². The van der Waals surface area contributed by atoms with Crippen LogP contribution in [0.2, 0.25) is 0 Å². The first-order chi connectivity index (χ1) is 10.1. The quantitative estimate of drug-likeness (QED) is 0.839. The van der Waals surface area contributed by atoms with Gasteiger partial charge in [-0.1, -0.05) is 24.3 Å². The maximum Gasteiger partial charge on any atom is 0.326 e. The molecule has 0 spiro atoms. The molecular weight excluding hydrogens is 267 g/mol. The number of carbonyl (C=O) groups excluding carboxylic acids is 1. The van der Waals surface area contributed by atoms with Crippen LogP contribution in [0.25, 0.3) is 0 Å². The topological polar surface area (TPSA) is 32.3 Å². The molecule has 108 valence electrons. The first-order valence-corrected chi connectivity index (χ1v) is 7.00. The Morgan fingerprint density at radius 1 is 1.29 bits per heavy atom. The molecule has 0 saturated heterocycles. The van der Waals surface area contributed by atoms with Crippen LogP contribution in [0, 0.1) is 12.7 Å². The molecule has 0 aromatic heterocycles. The number of nitrogens with zero attached hydrogens (tertiary/aromatic N) is 1. The number of amides is 2. The molecule has 3 rings (SSSR count). The van der Waals surface area contributed by atoms with E-state index in [4.69, 9.17) is 0 Å². The SMILES string of the molecule is Cc1ccc(NC(=O)N2c3ccccc3C[C@@H]2C)cc1F. The minimum absolute atomic E-state index is 0.0951. The number of aryl methyl sites for hydroxylation is 1. The predicted octanol–water partition coefficient (Wildman–Crippen LogP) is 4.12. The summed E-state index contributed by atoms with van der Waals surface area (Å²) >= 11 is 0. The predicted molar refractivity (Wildman–Crippen MR) is 82.2 cm³/mol. The van der Waals surface area contributed by atoms with Gasteiger partial charge in [0.05, 0.1) is 0 Å². The van der Waals surface area contributed by atoms with Gasteiger partial charge < -0.3 is 5.32 Å². The van der Waals surface area contributed by atoms with Crippen LogP contribution < -0.4 is 10.2 Å². The van der Waals surface area contributed by atoms with Crippen molar-refractivity contribution in [2.45, 2.75) is 26.3 Å². The van der Waals surface area contributed by atoms with E-state index in [9.17, 15) is 9.18 Å². The third-order valence-corrected chi connectivity index (χ3v) is 3.85. The van der Waals surface area contributed by atoms with E-state index in [1.165, 1.54) is 6.07 Å². The standard InChI is InChI=1S/C17H17FN2O/c1-11-7-8-14(10-15(11)18)19-17(21)20-12(2)9-13-5-3-4-6-16(13)20/h3-8,10,12H,9H2,1-2H3,(H,19,21)/t12-/m0/s1. The second-order valence-corrected chi connectivity index (χ2v) is 5.45. The van der Waals surface area contributed by atoms with Gasteiger partial charge in [-0.2, -0.15) is 0 Å². The van der Waals surface area contributed by atoms with Gasteiger partial charge in [0.1, 0.15) is 5.82 Å². The maximum atomic E-state index is 13.6. The van der Waals surface area contributed by atoms with E-state index in [-0.39, 0.29) is 17.9 Å². The molecule has 1 aliphatic rings. The van der Waals surface area contributed by atoms with E-state index in [2.05, 4.69) is 5.32 Å². The monoisotopic (exact) mass is 284 g/mol. The van der Waals surface area contributed by atoms with Crippen LogP contribution in [0.4, 0.5) is 20.6 Å². The number of benzene rings is 2. The second kappa shape index (κ2) is 5.20. The highest BCUT2D eigenvalue weighted by atomic mass is 19.1. The smallest absolute Gasteiger partial charge is 0.307 e. The lowest BCUT2D eigenvalue weighted by Gasteiger charge is -2.23. The number of fused-ring (bicyclic) bond motifs is 1. The van der Waals surface area contributed by atoms with Gasteiger partial charge in [0, 0.05) is 17.4 Å². The Kier molecular flexibility index (Phi) is 3.37. The molecule has 0 bridgehead atoms. The molecule has 0 aliphatic carbocycles. The van der Waals surface area contributed by atoms with Crippen molar-refractivity contribution < 1.29 is 9.18 Å². The number of nitrogens with one attached hydrogen (secondary N) is 1. The number of hydrogen-bond acceptors (Lipinski definition) is 1. The average molecular weight is 284 g/mol. The number of halogens is 1. The third kappa shape index (κ3) is 2.49. The number of carbonyl (C=O) groups is 1. The van der Waals surface area contributed by atoms with E-state index in [0.29, 0.717) is 11.3 Å². The maximum absolute atomic E-state index is 13.6. The molecule has 0 radical (unpaired) electrons. The molecule has 2 aromatic rings. The normalized spacial score (nSPS) is 16.7. The fraction of sp³-hybridized carbons (Fsp3) is 0.235. The molecular formula is C17H17FN2O. The van der Waals surface area contributed by atoms with E-state index in [1.54, 1.807) is 24.0 Å². The lowest BCUT2D eigenvalue weighted by Crippen LogP contribution is -2.39. The van der Waals surface area contributed by atoms with E-state index < -0.39 is 0 Å². The molecule has 0 saturated carbocycles. The van der Waals surface area contributed by atoms with E-state index in [1.807, 2.05) is 31.2 Å². The number of hydrogen-bond donors (Lipinski definition) is 1. The van der Waals surface area contributed by atoms with Gasteiger partial charge in [0.15, 0.2) is 0 Å². The fourth-order valence-electron chi connectivity index (χ4n) is 2.73. The van der Waals surface area contributed by atoms with Gasteiger partial charge in [-0.3, -0.25) is 4.90 Å². The number of urea groups is 1. The summed E-state index contributed by atoms with van der Waals surface area (Å²) in [5, 5.41) is 2.77. The molecule has 3 nitrogen and oxygen atoms in total. The van der Waals surface area contributed by atoms with Crippen molar-refractivity contribution in [3.05, 3.63) is 59.4 Å². The molecule has 1 N–H and O–H groups in total. The van der Waals surface area contributed by atoms with Gasteiger partial charge in [0.25, 0.3) is 0 Å². The fourth-order valence-corrected chi connectivity index (χ4v) is 2.73. The Balaban J connectivity index is 1.84. The van der Waals surface area contributed by atoms with Crippen molar-refractivity contribution in [2.24, 2.45) is 0 Å². The first-order valence-electron chi connectivity index (χ1n) is 7.00. The van der Waals surface area contributed by atoms with Crippen LogP contribution >= 0.6 is 0 Å². The Morgan fingerprint density at radius 2 is 2.05 bits per heavy atom. The van der Waals surface area contributed by atoms with Crippen LogP contribution in [-0.2, 0) is 6.42 Å². The van der Waals surface area contributed by atoms with Gasteiger partial charge in [-0.15, -0.1) is 0 Å². The zero-order chi connectivity index (χ0) is 15.0. The van der Waals surface area contributed by atoms with Crippen molar-refractivity contribution in [1.82, 2.24) is 0 Å². The molecule has 1 atom stereocenters. The second-order valence-electron chi connectivity index (χ2n) is 5.45. The van der Waals surface area contributed by atoms with E-state index in [0.717, 1.165) is 17.7 Å². The van der Waals surface area contributed by atoms with Crippen LogP contribution in [0.5, 0.6) is 0 Å². The zero-order valence-electron chi connectivity index (χ0n) is 12.1. The molecule has 0 unspecified atom stereocenters. The summed E-state index contributed by atoms with van der Waals surface area (Å²) in [6.07, 6.45) is 0.839. The highest BCUT2D eigenvalue weighted by Crippen LogP contribution is 2.32. The summed E-state index contributed by atoms with van der Waals surface area (Å²) in [7, 11) is 0. The van der Waals surface area contributed by atoms with Gasteiger partial charge >= 0.3 is 6.03 Å². The first kappa shape index (κ1) is 13.6. The van der Waals surface area contributed by atoms with Crippen molar-refractivity contribution in [3.8, 4) is 0 Å². The summed E-state index contributed by atoms with van der Waals surface area (Å²) in [6.45, 7) is 3.70. The third-order valence-electron chi connectivity index (χ3n) is 3.85. The Hall–Kier alpha value is -2.36. The summed E-state index contributed by atoms with van der Waals surface area (Å²) in [5.41, 5.74) is 3.12. The summed E-state index contributed by atoms with van der Waals surface area (Å²) in [4.78, 5) is 14.2. The van der Waals surface area contributed by atoms with Crippen LogP contribution in [0.1, 0.15) is 18.1 Å². The largest absolute Gasteiger partial charge is 0.326 e. The molecule has 21 heavy (non-hydrogen) atoms. The van der Waals surface area contributed by atoms with Gasteiger partial charge in [-0.25, -0.2) is 9.18 Å². The van der Waals surface area contributed by atoms with Crippen molar-refractivity contribution in [1.29, 1.82) is 0 Å². The zero-order valence-corrected chi connectivity index (χ0v) is 12.1. The lowest BCUT2D eigenvalue weighted by atomic mass is 10.1. The molecule has 4 heteroatoms. The average Bonchev–Trinajstić information content (AvgIpc) is 2.78. The highest BCUT2D eigenvalue weighted by molar-refractivity contribution is 6.03. The number of rotatable bonds is 1.